The van der Waals surface area contributed by atoms with E-state index in [0.29, 0.717) is 6.61 Å². The average Bonchev–Trinajstić information content (AvgIpc) is 2.61. The molecule has 1 atom stereocenters. The van der Waals surface area contributed by atoms with Crippen LogP contribution in [0.4, 0.5) is 0 Å². The quantitative estimate of drug-likeness (QED) is 0.693. The van der Waals surface area contributed by atoms with Crippen LogP contribution in [0.1, 0.15) is 12.0 Å². The molecule has 80 valence electrons. The average molecular weight is 205 g/mol. The number of para-hydroxylation sites is 1. The van der Waals surface area contributed by atoms with Crippen LogP contribution < -0.4 is 10.1 Å². The van der Waals surface area contributed by atoms with Crippen molar-refractivity contribution in [3.8, 4) is 5.75 Å². The first kappa shape index (κ1) is 9.19. The van der Waals surface area contributed by atoms with Gasteiger partial charge in [-0.3, -0.25) is 0 Å². The van der Waals surface area contributed by atoms with Crippen LogP contribution in [0.5, 0.6) is 5.75 Å². The number of fused-ring (bicyclic) bond motifs is 1. The predicted octanol–water partition coefficient (Wildman–Crippen LogP) is 1.33. The summed E-state index contributed by atoms with van der Waals surface area (Å²) >= 11 is 0. The maximum absolute atomic E-state index is 6.12. The molecular formula is C12H15NO2. The van der Waals surface area contributed by atoms with Gasteiger partial charge in [0.05, 0.1) is 13.2 Å². The van der Waals surface area contributed by atoms with Gasteiger partial charge in [0.25, 0.3) is 0 Å². The van der Waals surface area contributed by atoms with E-state index in [1.54, 1.807) is 0 Å². The minimum atomic E-state index is -0.132. The summed E-state index contributed by atoms with van der Waals surface area (Å²) < 4.78 is 11.6. The molecule has 0 amide bonds. The van der Waals surface area contributed by atoms with Gasteiger partial charge in [-0.05, 0) is 6.07 Å². The number of nitrogens with one attached hydrogen (secondary N) is 1. The smallest absolute Gasteiger partial charge is 0.147 e. The summed E-state index contributed by atoms with van der Waals surface area (Å²) in [5.41, 5.74) is 1.10. The van der Waals surface area contributed by atoms with Crippen molar-refractivity contribution < 1.29 is 9.47 Å². The second-order valence-electron chi connectivity index (χ2n) is 4.30. The fourth-order valence-electron chi connectivity index (χ4n) is 2.25. The molecule has 0 aromatic heterocycles. The lowest BCUT2D eigenvalue weighted by molar-refractivity contribution is 0.0548. The van der Waals surface area contributed by atoms with Gasteiger partial charge < -0.3 is 14.8 Å². The Bertz CT molecular complexity index is 358. The topological polar surface area (TPSA) is 30.5 Å². The van der Waals surface area contributed by atoms with E-state index in [2.05, 4.69) is 11.4 Å². The highest BCUT2D eigenvalue weighted by atomic mass is 16.6. The van der Waals surface area contributed by atoms with Crippen LogP contribution in [0.2, 0.25) is 0 Å². The minimum absolute atomic E-state index is 0.132. The molecule has 0 aliphatic carbocycles. The number of benzene rings is 1. The molecule has 3 rings (SSSR count). The van der Waals surface area contributed by atoms with Crippen molar-refractivity contribution in [1.29, 1.82) is 0 Å². The van der Waals surface area contributed by atoms with Crippen LogP contribution >= 0.6 is 0 Å². The summed E-state index contributed by atoms with van der Waals surface area (Å²) in [6.45, 7) is 3.28. The first-order chi connectivity index (χ1) is 7.38. The fourth-order valence-corrected chi connectivity index (χ4v) is 2.25. The molecule has 0 bridgehead atoms. The van der Waals surface area contributed by atoms with Crippen LogP contribution in [-0.2, 0) is 11.3 Å². The molecule has 3 nitrogen and oxygen atoms in total. The SMILES string of the molecule is c1ccc2c(c1)CNCC1(CCOC1)O2. The van der Waals surface area contributed by atoms with Crippen LogP contribution in [0.15, 0.2) is 24.3 Å². The van der Waals surface area contributed by atoms with Crippen molar-refractivity contribution in [2.75, 3.05) is 19.8 Å². The van der Waals surface area contributed by atoms with Crippen molar-refractivity contribution in [2.24, 2.45) is 0 Å². The van der Waals surface area contributed by atoms with Gasteiger partial charge in [-0.1, -0.05) is 18.2 Å². The van der Waals surface area contributed by atoms with E-state index < -0.39 is 0 Å². The maximum atomic E-state index is 6.12. The Balaban J connectivity index is 1.94. The van der Waals surface area contributed by atoms with Crippen LogP contribution in [0.25, 0.3) is 0 Å². The molecule has 2 heterocycles. The lowest BCUT2D eigenvalue weighted by Gasteiger charge is -2.26. The summed E-state index contributed by atoms with van der Waals surface area (Å²) in [6, 6.07) is 8.22. The van der Waals surface area contributed by atoms with Crippen molar-refractivity contribution in [3.63, 3.8) is 0 Å². The van der Waals surface area contributed by atoms with Crippen molar-refractivity contribution in [1.82, 2.24) is 5.32 Å². The maximum Gasteiger partial charge on any atom is 0.147 e. The number of hydrogen-bond donors (Lipinski definition) is 1. The van der Waals surface area contributed by atoms with E-state index in [-0.39, 0.29) is 5.60 Å². The lowest BCUT2D eigenvalue weighted by Crippen LogP contribution is -2.44. The molecule has 1 fully saturated rings. The monoisotopic (exact) mass is 205 g/mol. The second kappa shape index (κ2) is 3.51. The molecule has 1 N–H and O–H groups in total. The number of hydrogen-bond acceptors (Lipinski definition) is 3. The van der Waals surface area contributed by atoms with Crippen LogP contribution in [0.3, 0.4) is 0 Å². The highest BCUT2D eigenvalue weighted by Crippen LogP contribution is 2.30. The van der Waals surface area contributed by atoms with E-state index in [0.717, 1.165) is 31.9 Å². The third-order valence-electron chi connectivity index (χ3n) is 3.13. The fraction of sp³-hybridized carbons (Fsp3) is 0.500. The van der Waals surface area contributed by atoms with Gasteiger partial charge >= 0.3 is 0 Å². The first-order valence-electron chi connectivity index (χ1n) is 5.43. The van der Waals surface area contributed by atoms with Gasteiger partial charge in [-0.15, -0.1) is 0 Å². The Hall–Kier alpha value is -1.06. The molecule has 1 saturated heterocycles. The normalized spacial score (nSPS) is 29.6. The molecule has 2 aliphatic rings. The van der Waals surface area contributed by atoms with Crippen molar-refractivity contribution in [2.45, 2.75) is 18.6 Å². The van der Waals surface area contributed by atoms with E-state index in [4.69, 9.17) is 9.47 Å². The van der Waals surface area contributed by atoms with E-state index in [9.17, 15) is 0 Å². The molecule has 1 unspecified atom stereocenters. The van der Waals surface area contributed by atoms with E-state index in [1.807, 2.05) is 18.2 Å². The Morgan fingerprint density at radius 3 is 3.07 bits per heavy atom. The highest BCUT2D eigenvalue weighted by Gasteiger charge is 2.38. The molecule has 1 aromatic rings. The van der Waals surface area contributed by atoms with Crippen LogP contribution in [0, 0.1) is 0 Å². The molecule has 0 radical (unpaired) electrons. The van der Waals surface area contributed by atoms with E-state index in [1.165, 1.54) is 5.56 Å². The van der Waals surface area contributed by atoms with Gasteiger partial charge in [0, 0.05) is 25.1 Å². The Morgan fingerprint density at radius 2 is 2.20 bits per heavy atom. The van der Waals surface area contributed by atoms with Crippen molar-refractivity contribution in [3.05, 3.63) is 29.8 Å². The van der Waals surface area contributed by atoms with Crippen LogP contribution in [-0.4, -0.2) is 25.4 Å². The summed E-state index contributed by atoms with van der Waals surface area (Å²) in [7, 11) is 0. The second-order valence-corrected chi connectivity index (χ2v) is 4.30. The molecule has 3 heteroatoms. The molecule has 1 aromatic carbocycles. The molecule has 15 heavy (non-hydrogen) atoms. The number of ether oxygens (including phenoxy) is 2. The number of rotatable bonds is 0. The summed E-state index contributed by atoms with van der Waals surface area (Å²) in [6.07, 6.45) is 0.980. The van der Waals surface area contributed by atoms with Gasteiger partial charge in [-0.2, -0.15) is 0 Å². The Morgan fingerprint density at radius 1 is 1.27 bits per heavy atom. The highest BCUT2D eigenvalue weighted by molar-refractivity contribution is 5.34. The summed E-state index contributed by atoms with van der Waals surface area (Å²) in [5.74, 6) is 1.01. The Labute approximate surface area is 89.4 Å². The standard InChI is InChI=1S/C12H15NO2/c1-2-4-11-10(3-1)7-13-8-12(15-11)5-6-14-9-12/h1-4,13H,5-9H2. The van der Waals surface area contributed by atoms with Crippen molar-refractivity contribution >= 4 is 0 Å². The third kappa shape index (κ3) is 1.62. The largest absolute Gasteiger partial charge is 0.483 e. The molecular weight excluding hydrogens is 190 g/mol. The summed E-state index contributed by atoms with van der Waals surface area (Å²) in [5, 5.41) is 3.43. The van der Waals surface area contributed by atoms with E-state index >= 15 is 0 Å². The van der Waals surface area contributed by atoms with Gasteiger partial charge in [0.2, 0.25) is 0 Å². The molecule has 2 aliphatic heterocycles. The zero-order valence-electron chi connectivity index (χ0n) is 8.66. The molecule has 0 saturated carbocycles. The summed E-state index contributed by atoms with van der Waals surface area (Å²) in [4.78, 5) is 0. The first-order valence-corrected chi connectivity index (χ1v) is 5.43. The zero-order valence-corrected chi connectivity index (χ0v) is 8.66. The van der Waals surface area contributed by atoms with Gasteiger partial charge in [0.15, 0.2) is 0 Å². The zero-order chi connectivity index (χ0) is 10.1. The Kier molecular flexibility index (Phi) is 2.15. The predicted molar refractivity (Wildman–Crippen MR) is 56.9 cm³/mol. The molecule has 1 spiro atoms. The van der Waals surface area contributed by atoms with Gasteiger partial charge in [0.1, 0.15) is 11.4 Å². The third-order valence-corrected chi connectivity index (χ3v) is 3.13. The van der Waals surface area contributed by atoms with Gasteiger partial charge in [-0.25, -0.2) is 0 Å². The minimum Gasteiger partial charge on any atom is -0.483 e. The lowest BCUT2D eigenvalue weighted by atomic mass is 10.0.